The molecule has 0 radical (unpaired) electrons. The van der Waals surface area contributed by atoms with E-state index >= 15 is 0 Å². The van der Waals surface area contributed by atoms with Crippen LogP contribution in [0.2, 0.25) is 0 Å². The van der Waals surface area contributed by atoms with E-state index in [-0.39, 0.29) is 23.6 Å². The number of fused-ring (bicyclic) bond motifs is 1. The van der Waals surface area contributed by atoms with Gasteiger partial charge >= 0.3 is 6.03 Å². The van der Waals surface area contributed by atoms with Crippen LogP contribution in [-0.4, -0.2) is 50.5 Å². The van der Waals surface area contributed by atoms with Gasteiger partial charge in [0.2, 0.25) is 0 Å². The van der Waals surface area contributed by atoms with Crippen LogP contribution < -0.4 is 5.32 Å². The molecular formula is C17H24N2O3S. The first-order chi connectivity index (χ1) is 11.0. The summed E-state index contributed by atoms with van der Waals surface area (Å²) in [4.78, 5) is 13.9. The molecule has 1 fully saturated rings. The molecule has 1 heterocycles. The number of rotatable bonds is 3. The molecule has 5 nitrogen and oxygen atoms in total. The minimum Gasteiger partial charge on any atom is -0.337 e. The highest BCUT2D eigenvalue weighted by Gasteiger charge is 2.33. The van der Waals surface area contributed by atoms with Crippen LogP contribution in [0.15, 0.2) is 24.3 Å². The molecule has 2 aliphatic rings. The number of benzene rings is 1. The first-order valence-corrected chi connectivity index (χ1v) is 10.1. The van der Waals surface area contributed by atoms with Gasteiger partial charge in [0.15, 0.2) is 9.84 Å². The molecule has 1 saturated heterocycles. The highest BCUT2D eigenvalue weighted by Crippen LogP contribution is 2.30. The van der Waals surface area contributed by atoms with E-state index in [4.69, 9.17) is 0 Å². The predicted octanol–water partition coefficient (Wildman–Crippen LogP) is 1.94. The number of hydrogen-bond acceptors (Lipinski definition) is 3. The van der Waals surface area contributed by atoms with E-state index in [9.17, 15) is 13.2 Å². The fourth-order valence-electron chi connectivity index (χ4n) is 3.65. The van der Waals surface area contributed by atoms with Gasteiger partial charge in [0.25, 0.3) is 0 Å². The van der Waals surface area contributed by atoms with Crippen molar-refractivity contribution in [2.24, 2.45) is 0 Å². The smallest absolute Gasteiger partial charge is 0.317 e. The Balaban J connectivity index is 1.58. The molecule has 1 N–H and O–H groups in total. The summed E-state index contributed by atoms with van der Waals surface area (Å²) in [6, 6.07) is 8.06. The summed E-state index contributed by atoms with van der Waals surface area (Å²) < 4.78 is 23.1. The lowest BCUT2D eigenvalue weighted by molar-refractivity contribution is 0.194. The van der Waals surface area contributed by atoms with E-state index < -0.39 is 9.84 Å². The van der Waals surface area contributed by atoms with Gasteiger partial charge in [0.05, 0.1) is 11.5 Å². The summed E-state index contributed by atoms with van der Waals surface area (Å²) in [6.07, 6.45) is 3.88. The predicted molar refractivity (Wildman–Crippen MR) is 90.3 cm³/mol. The largest absolute Gasteiger partial charge is 0.337 e. The van der Waals surface area contributed by atoms with Crippen molar-refractivity contribution in [2.75, 3.05) is 25.1 Å². The molecule has 1 aliphatic heterocycles. The van der Waals surface area contributed by atoms with Crippen molar-refractivity contribution in [3.63, 3.8) is 0 Å². The van der Waals surface area contributed by atoms with Crippen molar-refractivity contribution >= 4 is 15.9 Å². The van der Waals surface area contributed by atoms with Crippen LogP contribution in [0.1, 0.15) is 36.3 Å². The number of carbonyl (C=O) groups excluding carboxylic acids is 1. The molecule has 1 aromatic rings. The second kappa shape index (κ2) is 6.51. The van der Waals surface area contributed by atoms with Gasteiger partial charge in [-0.1, -0.05) is 24.3 Å². The van der Waals surface area contributed by atoms with Crippen molar-refractivity contribution in [3.05, 3.63) is 35.4 Å². The maximum atomic E-state index is 12.3. The second-order valence-corrected chi connectivity index (χ2v) is 8.87. The van der Waals surface area contributed by atoms with Gasteiger partial charge in [-0.25, -0.2) is 13.2 Å². The maximum Gasteiger partial charge on any atom is 0.317 e. The third kappa shape index (κ3) is 3.68. The Labute approximate surface area is 138 Å². The van der Waals surface area contributed by atoms with Gasteiger partial charge in [-0.15, -0.1) is 0 Å². The molecule has 0 spiro atoms. The molecule has 0 saturated carbocycles. The summed E-state index contributed by atoms with van der Waals surface area (Å²) in [5, 5.41) is 2.99. The lowest BCUT2D eigenvalue weighted by Crippen LogP contribution is -2.45. The molecule has 23 heavy (non-hydrogen) atoms. The molecule has 0 aromatic heterocycles. The van der Waals surface area contributed by atoms with Crippen LogP contribution in [-0.2, 0) is 16.3 Å². The van der Waals surface area contributed by atoms with Crippen molar-refractivity contribution in [1.82, 2.24) is 10.2 Å². The Morgan fingerprint density at radius 2 is 2.09 bits per heavy atom. The van der Waals surface area contributed by atoms with E-state index in [2.05, 4.69) is 29.6 Å². The first-order valence-electron chi connectivity index (χ1n) is 8.25. The lowest BCUT2D eigenvalue weighted by atomic mass is 9.83. The molecule has 3 rings (SSSR count). The molecule has 126 valence electrons. The van der Waals surface area contributed by atoms with Crippen LogP contribution in [0.25, 0.3) is 0 Å². The highest BCUT2D eigenvalue weighted by atomic mass is 32.2. The summed E-state index contributed by atoms with van der Waals surface area (Å²) in [5.74, 6) is 0.624. The van der Waals surface area contributed by atoms with Gasteiger partial charge in [0, 0.05) is 25.6 Å². The molecule has 0 bridgehead atoms. The number of amides is 2. The summed E-state index contributed by atoms with van der Waals surface area (Å²) in [7, 11) is -1.28. The van der Waals surface area contributed by atoms with E-state index in [0.29, 0.717) is 18.9 Å². The third-order valence-electron chi connectivity index (χ3n) is 5.07. The number of urea groups is 1. The van der Waals surface area contributed by atoms with Crippen LogP contribution in [0.5, 0.6) is 0 Å². The minimum atomic E-state index is -2.97. The Hall–Kier alpha value is -1.56. The number of nitrogens with one attached hydrogen (secondary N) is 1. The highest BCUT2D eigenvalue weighted by molar-refractivity contribution is 7.91. The number of aryl methyl sites for hydroxylation is 1. The monoisotopic (exact) mass is 336 g/mol. The maximum absolute atomic E-state index is 12.3. The normalized spacial score (nSPS) is 25.6. The van der Waals surface area contributed by atoms with Gasteiger partial charge in [-0.3, -0.25) is 0 Å². The average molecular weight is 336 g/mol. The Morgan fingerprint density at radius 3 is 2.83 bits per heavy atom. The molecule has 0 unspecified atom stereocenters. The van der Waals surface area contributed by atoms with Gasteiger partial charge in [0.1, 0.15) is 0 Å². The van der Waals surface area contributed by atoms with Crippen LogP contribution in [0, 0.1) is 0 Å². The summed E-state index contributed by atoms with van der Waals surface area (Å²) >= 11 is 0. The minimum absolute atomic E-state index is 0.0865. The Bertz CT molecular complexity index is 687. The number of sulfone groups is 1. The number of carbonyl (C=O) groups is 1. The molecule has 2 amide bonds. The Kier molecular flexibility index (Phi) is 4.62. The summed E-state index contributed by atoms with van der Waals surface area (Å²) in [5.41, 5.74) is 2.72. The molecule has 2 atom stereocenters. The lowest BCUT2D eigenvalue weighted by Gasteiger charge is -2.28. The van der Waals surface area contributed by atoms with Crippen LogP contribution in [0.3, 0.4) is 0 Å². The van der Waals surface area contributed by atoms with Crippen LogP contribution in [0.4, 0.5) is 4.79 Å². The van der Waals surface area contributed by atoms with E-state index in [0.717, 1.165) is 19.3 Å². The van der Waals surface area contributed by atoms with Gasteiger partial charge in [-0.2, -0.15) is 0 Å². The van der Waals surface area contributed by atoms with E-state index in [1.54, 1.807) is 11.9 Å². The number of hydrogen-bond donors (Lipinski definition) is 1. The van der Waals surface area contributed by atoms with Crippen molar-refractivity contribution in [1.29, 1.82) is 0 Å². The van der Waals surface area contributed by atoms with Crippen molar-refractivity contribution in [2.45, 2.75) is 37.6 Å². The fourth-order valence-corrected chi connectivity index (χ4v) is 5.42. The van der Waals surface area contributed by atoms with Crippen LogP contribution >= 0.6 is 0 Å². The van der Waals surface area contributed by atoms with Gasteiger partial charge < -0.3 is 10.2 Å². The van der Waals surface area contributed by atoms with Crippen molar-refractivity contribution in [3.8, 4) is 0 Å². The molecule has 1 aromatic carbocycles. The molecule has 6 heteroatoms. The molecule has 1 aliphatic carbocycles. The quantitative estimate of drug-likeness (QED) is 0.917. The second-order valence-electron chi connectivity index (χ2n) is 6.64. The zero-order chi connectivity index (χ0) is 16.4. The van der Waals surface area contributed by atoms with E-state index in [1.807, 2.05) is 0 Å². The third-order valence-corrected chi connectivity index (χ3v) is 6.82. The fraction of sp³-hybridized carbons (Fsp3) is 0.588. The number of nitrogens with zero attached hydrogens (tertiary/aromatic N) is 1. The topological polar surface area (TPSA) is 66.5 Å². The molecular weight excluding hydrogens is 312 g/mol. The Morgan fingerprint density at radius 1 is 1.30 bits per heavy atom. The van der Waals surface area contributed by atoms with Crippen molar-refractivity contribution < 1.29 is 13.2 Å². The zero-order valence-electron chi connectivity index (χ0n) is 13.5. The SMILES string of the molecule is CN(C(=O)NC[C@H]1CCCc2ccccc21)[C@H]1CCS(=O)(=O)C1. The average Bonchev–Trinajstić information content (AvgIpc) is 2.91. The zero-order valence-corrected chi connectivity index (χ0v) is 14.3. The summed E-state index contributed by atoms with van der Waals surface area (Å²) in [6.45, 7) is 0.611. The first kappa shape index (κ1) is 16.3. The standard InChI is InChI=1S/C17H24N2O3S/c1-19(15-9-10-23(21,22)12-15)17(20)18-11-14-7-4-6-13-5-2-3-8-16(13)14/h2-3,5,8,14-15H,4,6-7,9-12H2,1H3,(H,18,20)/t14-,15+/m1/s1. The van der Waals surface area contributed by atoms with E-state index in [1.165, 1.54) is 11.1 Å². The van der Waals surface area contributed by atoms with Gasteiger partial charge in [-0.05, 0) is 36.8 Å².